The van der Waals surface area contributed by atoms with E-state index in [0.717, 1.165) is 24.0 Å². The monoisotopic (exact) mass is 289 g/mol. The number of aryl methyl sites for hydroxylation is 1. The number of morpholine rings is 1. The Kier molecular flexibility index (Phi) is 4.20. The molecule has 0 saturated carbocycles. The van der Waals surface area contributed by atoms with Gasteiger partial charge in [0.05, 0.1) is 13.2 Å². The van der Waals surface area contributed by atoms with Gasteiger partial charge in [-0.1, -0.05) is 0 Å². The molecule has 1 aromatic rings. The van der Waals surface area contributed by atoms with Crippen molar-refractivity contribution < 1.29 is 19.1 Å². The standard InChI is InChI=1S/C16H19NO4/c18-15-3-1-2-12-10-13(4-5-14(12)15)21-11-16(19)17-6-8-20-9-7-17/h4-5,10H,1-3,6-9,11H2. The van der Waals surface area contributed by atoms with E-state index in [-0.39, 0.29) is 18.3 Å². The number of ketones is 1. The summed E-state index contributed by atoms with van der Waals surface area (Å²) < 4.78 is 10.8. The van der Waals surface area contributed by atoms with Crippen molar-refractivity contribution in [1.82, 2.24) is 4.90 Å². The van der Waals surface area contributed by atoms with Gasteiger partial charge >= 0.3 is 0 Å². The van der Waals surface area contributed by atoms with Crippen LogP contribution in [0.2, 0.25) is 0 Å². The van der Waals surface area contributed by atoms with Gasteiger partial charge in [0, 0.05) is 25.1 Å². The van der Waals surface area contributed by atoms with E-state index in [2.05, 4.69) is 0 Å². The molecule has 1 aromatic carbocycles. The zero-order chi connectivity index (χ0) is 14.7. The van der Waals surface area contributed by atoms with E-state index in [1.54, 1.807) is 11.0 Å². The number of amides is 1. The number of carbonyl (C=O) groups excluding carboxylic acids is 2. The second kappa shape index (κ2) is 6.26. The maximum Gasteiger partial charge on any atom is 0.260 e. The summed E-state index contributed by atoms with van der Waals surface area (Å²) in [4.78, 5) is 25.5. The minimum atomic E-state index is -0.0212. The van der Waals surface area contributed by atoms with Gasteiger partial charge in [0.25, 0.3) is 5.91 Å². The lowest BCUT2D eigenvalue weighted by atomic mass is 9.91. The topological polar surface area (TPSA) is 55.8 Å². The van der Waals surface area contributed by atoms with Crippen LogP contribution in [0, 0.1) is 0 Å². The van der Waals surface area contributed by atoms with Crippen LogP contribution in [0.15, 0.2) is 18.2 Å². The molecule has 5 nitrogen and oxygen atoms in total. The maximum absolute atomic E-state index is 12.0. The molecule has 5 heteroatoms. The maximum atomic E-state index is 12.0. The van der Waals surface area contributed by atoms with Crippen LogP contribution in [0.3, 0.4) is 0 Å². The third-order valence-corrected chi connectivity index (χ3v) is 3.95. The first-order chi connectivity index (χ1) is 10.2. The van der Waals surface area contributed by atoms with Gasteiger partial charge in [-0.3, -0.25) is 9.59 Å². The number of Topliss-reactive ketones (excluding diaryl/α,β-unsaturated/α-hetero) is 1. The number of fused-ring (bicyclic) bond motifs is 1. The molecule has 0 atom stereocenters. The molecule has 112 valence electrons. The molecule has 1 fully saturated rings. The predicted molar refractivity (Wildman–Crippen MR) is 76.6 cm³/mol. The first-order valence-electron chi connectivity index (χ1n) is 7.38. The summed E-state index contributed by atoms with van der Waals surface area (Å²) in [5.74, 6) is 0.837. The zero-order valence-corrected chi connectivity index (χ0v) is 12.0. The van der Waals surface area contributed by atoms with Crippen molar-refractivity contribution in [1.29, 1.82) is 0 Å². The summed E-state index contributed by atoms with van der Waals surface area (Å²) in [7, 11) is 0. The summed E-state index contributed by atoms with van der Waals surface area (Å²) >= 11 is 0. The first-order valence-corrected chi connectivity index (χ1v) is 7.38. The lowest BCUT2D eigenvalue weighted by Crippen LogP contribution is -2.42. The average Bonchev–Trinajstić information content (AvgIpc) is 2.53. The van der Waals surface area contributed by atoms with Gasteiger partial charge in [-0.25, -0.2) is 0 Å². The molecule has 1 amide bonds. The van der Waals surface area contributed by atoms with Gasteiger partial charge in [-0.2, -0.15) is 0 Å². The Balaban J connectivity index is 1.60. The van der Waals surface area contributed by atoms with Gasteiger partial charge in [0.15, 0.2) is 12.4 Å². The molecule has 0 N–H and O–H groups in total. The Labute approximate surface area is 123 Å². The van der Waals surface area contributed by atoms with E-state index < -0.39 is 0 Å². The minimum Gasteiger partial charge on any atom is -0.484 e. The zero-order valence-electron chi connectivity index (χ0n) is 12.0. The van der Waals surface area contributed by atoms with Crippen LogP contribution in [0.5, 0.6) is 5.75 Å². The molecule has 0 aromatic heterocycles. The third-order valence-electron chi connectivity index (χ3n) is 3.95. The van der Waals surface area contributed by atoms with Crippen LogP contribution < -0.4 is 4.74 Å². The van der Waals surface area contributed by atoms with Crippen LogP contribution in [-0.2, 0) is 16.0 Å². The number of carbonyl (C=O) groups is 2. The van der Waals surface area contributed by atoms with Gasteiger partial charge in [-0.15, -0.1) is 0 Å². The quantitative estimate of drug-likeness (QED) is 0.845. The van der Waals surface area contributed by atoms with Crippen LogP contribution in [-0.4, -0.2) is 49.5 Å². The predicted octanol–water partition coefficient (Wildman–Crippen LogP) is 1.44. The number of hydrogen-bond acceptors (Lipinski definition) is 4. The van der Waals surface area contributed by atoms with Crippen molar-refractivity contribution in [3.63, 3.8) is 0 Å². The fourth-order valence-electron chi connectivity index (χ4n) is 2.76. The lowest BCUT2D eigenvalue weighted by Gasteiger charge is -2.26. The van der Waals surface area contributed by atoms with Crippen LogP contribution in [0.25, 0.3) is 0 Å². The molecule has 1 heterocycles. The second-order valence-corrected chi connectivity index (χ2v) is 5.38. The van der Waals surface area contributed by atoms with Crippen molar-refractivity contribution in [3.8, 4) is 5.75 Å². The number of rotatable bonds is 3. The SMILES string of the molecule is O=C1CCCc2cc(OCC(=O)N3CCOCC3)ccc21. The molecule has 1 aliphatic heterocycles. The number of ether oxygens (including phenoxy) is 2. The molecule has 0 unspecified atom stereocenters. The second-order valence-electron chi connectivity index (χ2n) is 5.38. The van der Waals surface area contributed by atoms with Gasteiger partial charge in [-0.05, 0) is 36.6 Å². The Hall–Kier alpha value is -1.88. The van der Waals surface area contributed by atoms with E-state index >= 15 is 0 Å². The molecule has 2 aliphatic rings. The molecule has 21 heavy (non-hydrogen) atoms. The van der Waals surface area contributed by atoms with Gasteiger partial charge < -0.3 is 14.4 Å². The Morgan fingerprint density at radius 2 is 2.05 bits per heavy atom. The normalized spacial score (nSPS) is 18.3. The average molecular weight is 289 g/mol. The van der Waals surface area contributed by atoms with Crippen LogP contribution >= 0.6 is 0 Å². The number of hydrogen-bond donors (Lipinski definition) is 0. The molecule has 1 aliphatic carbocycles. The summed E-state index contributed by atoms with van der Waals surface area (Å²) in [5, 5.41) is 0. The number of benzene rings is 1. The Morgan fingerprint density at radius 1 is 1.24 bits per heavy atom. The molecule has 0 bridgehead atoms. The highest BCUT2D eigenvalue weighted by Gasteiger charge is 2.19. The van der Waals surface area contributed by atoms with E-state index in [1.165, 1.54) is 0 Å². The molecule has 1 saturated heterocycles. The van der Waals surface area contributed by atoms with Gasteiger partial charge in [0.1, 0.15) is 5.75 Å². The third kappa shape index (κ3) is 3.24. The van der Waals surface area contributed by atoms with Crippen molar-refractivity contribution in [2.75, 3.05) is 32.9 Å². The molecular weight excluding hydrogens is 270 g/mol. The largest absolute Gasteiger partial charge is 0.484 e. The number of nitrogens with zero attached hydrogens (tertiary/aromatic N) is 1. The minimum absolute atomic E-state index is 0.0212. The Bertz CT molecular complexity index is 549. The first kappa shape index (κ1) is 14.1. The van der Waals surface area contributed by atoms with Crippen LogP contribution in [0.4, 0.5) is 0 Å². The highest BCUT2D eigenvalue weighted by molar-refractivity contribution is 5.98. The van der Waals surface area contributed by atoms with E-state index in [4.69, 9.17) is 9.47 Å². The van der Waals surface area contributed by atoms with E-state index in [1.807, 2.05) is 12.1 Å². The smallest absolute Gasteiger partial charge is 0.260 e. The highest BCUT2D eigenvalue weighted by Crippen LogP contribution is 2.25. The van der Waals surface area contributed by atoms with Crippen molar-refractivity contribution >= 4 is 11.7 Å². The molecule has 0 spiro atoms. The summed E-state index contributed by atoms with van der Waals surface area (Å²) in [6.07, 6.45) is 2.42. The summed E-state index contributed by atoms with van der Waals surface area (Å²) in [6, 6.07) is 5.47. The Morgan fingerprint density at radius 3 is 2.86 bits per heavy atom. The molecular formula is C16H19NO4. The fourth-order valence-corrected chi connectivity index (χ4v) is 2.76. The van der Waals surface area contributed by atoms with Crippen molar-refractivity contribution in [2.24, 2.45) is 0 Å². The summed E-state index contributed by atoms with van der Waals surface area (Å²) in [5.41, 5.74) is 1.83. The van der Waals surface area contributed by atoms with Gasteiger partial charge in [0.2, 0.25) is 0 Å². The summed E-state index contributed by atoms with van der Waals surface area (Å²) in [6.45, 7) is 2.47. The fraction of sp³-hybridized carbons (Fsp3) is 0.500. The van der Waals surface area contributed by atoms with Crippen LogP contribution in [0.1, 0.15) is 28.8 Å². The highest BCUT2D eigenvalue weighted by atomic mass is 16.5. The van der Waals surface area contributed by atoms with E-state index in [9.17, 15) is 9.59 Å². The van der Waals surface area contributed by atoms with Crippen molar-refractivity contribution in [3.05, 3.63) is 29.3 Å². The molecule has 0 radical (unpaired) electrons. The molecule has 3 rings (SSSR count). The lowest BCUT2D eigenvalue weighted by molar-refractivity contribution is -0.137. The van der Waals surface area contributed by atoms with E-state index in [0.29, 0.717) is 38.5 Å². The van der Waals surface area contributed by atoms with Crippen molar-refractivity contribution in [2.45, 2.75) is 19.3 Å².